The average Bonchev–Trinajstić information content (AvgIpc) is 2.34. The number of hydrogen-bond donors (Lipinski definition) is 0. The summed E-state index contributed by atoms with van der Waals surface area (Å²) in [6.45, 7) is 7.42. The van der Waals surface area contributed by atoms with Gasteiger partial charge in [-0.3, -0.25) is 4.79 Å². The molecule has 1 amide bonds. The van der Waals surface area contributed by atoms with Crippen LogP contribution in [0.2, 0.25) is 0 Å². The van der Waals surface area contributed by atoms with Gasteiger partial charge in [0, 0.05) is 25.4 Å². The van der Waals surface area contributed by atoms with Crippen LogP contribution in [0, 0.1) is 0 Å². The zero-order valence-electron chi connectivity index (χ0n) is 10.4. The second kappa shape index (κ2) is 7.96. The highest BCUT2D eigenvalue weighted by molar-refractivity contribution is 8.00. The first-order chi connectivity index (χ1) is 7.75. The van der Waals surface area contributed by atoms with Crippen molar-refractivity contribution in [1.82, 2.24) is 4.90 Å². The Balaban J connectivity index is 2.18. The van der Waals surface area contributed by atoms with E-state index in [2.05, 4.69) is 0 Å². The summed E-state index contributed by atoms with van der Waals surface area (Å²) in [6, 6.07) is 0. The molecule has 0 N–H and O–H groups in total. The van der Waals surface area contributed by atoms with Gasteiger partial charge in [-0.2, -0.15) is 0 Å². The van der Waals surface area contributed by atoms with E-state index in [0.29, 0.717) is 5.91 Å². The van der Waals surface area contributed by atoms with Gasteiger partial charge in [0.2, 0.25) is 5.91 Å². The first-order valence-electron chi connectivity index (χ1n) is 6.24. The van der Waals surface area contributed by atoms with E-state index in [1.54, 1.807) is 11.8 Å². The lowest BCUT2D eigenvalue weighted by molar-refractivity contribution is -0.131. The number of hydrogen-bond acceptors (Lipinski definition) is 3. The van der Waals surface area contributed by atoms with E-state index in [1.807, 2.05) is 18.7 Å². The van der Waals surface area contributed by atoms with E-state index in [9.17, 15) is 4.79 Å². The lowest BCUT2D eigenvalue weighted by atomic mass is 10.1. The molecule has 0 aromatic heterocycles. The van der Waals surface area contributed by atoms with E-state index in [1.165, 1.54) is 19.3 Å². The first kappa shape index (κ1) is 13.8. The van der Waals surface area contributed by atoms with Gasteiger partial charge >= 0.3 is 0 Å². The van der Waals surface area contributed by atoms with Gasteiger partial charge < -0.3 is 9.64 Å². The predicted octanol–water partition coefficient (Wildman–Crippen LogP) is 2.16. The third-order valence-corrected chi connectivity index (χ3v) is 3.92. The van der Waals surface area contributed by atoms with Crippen LogP contribution in [-0.4, -0.2) is 48.1 Å². The van der Waals surface area contributed by atoms with Crippen LogP contribution in [0.15, 0.2) is 0 Å². The molecule has 1 heterocycles. The summed E-state index contributed by atoms with van der Waals surface area (Å²) in [4.78, 5) is 14.0. The number of ether oxygens (including phenoxy) is 1. The maximum absolute atomic E-state index is 12.0. The number of rotatable bonds is 6. The summed E-state index contributed by atoms with van der Waals surface area (Å²) in [7, 11) is 0. The maximum Gasteiger partial charge on any atom is 0.235 e. The molecule has 1 rings (SSSR count). The van der Waals surface area contributed by atoms with E-state index < -0.39 is 0 Å². The molecule has 0 bridgehead atoms. The third kappa shape index (κ3) is 4.74. The largest absolute Gasteiger partial charge is 0.381 e. The Morgan fingerprint density at radius 2 is 2.06 bits per heavy atom. The zero-order chi connectivity index (χ0) is 11.8. The molecule has 1 aliphatic rings. The van der Waals surface area contributed by atoms with Crippen molar-refractivity contribution in [3.8, 4) is 0 Å². The molecule has 1 saturated heterocycles. The minimum atomic E-state index is 0.0820. The van der Waals surface area contributed by atoms with Crippen LogP contribution in [-0.2, 0) is 9.53 Å². The Morgan fingerprint density at radius 1 is 1.38 bits per heavy atom. The molecule has 0 saturated carbocycles. The monoisotopic (exact) mass is 245 g/mol. The highest BCUT2D eigenvalue weighted by atomic mass is 32.2. The molecule has 16 heavy (non-hydrogen) atoms. The molecule has 0 spiro atoms. The second-order valence-electron chi connectivity index (χ2n) is 4.10. The normalized spacial score (nSPS) is 18.5. The van der Waals surface area contributed by atoms with Crippen LogP contribution in [0.4, 0.5) is 0 Å². The Morgan fingerprint density at radius 3 is 2.69 bits per heavy atom. The van der Waals surface area contributed by atoms with Crippen LogP contribution < -0.4 is 0 Å². The molecular weight excluding hydrogens is 222 g/mol. The molecule has 0 aromatic carbocycles. The quantitative estimate of drug-likeness (QED) is 0.672. The summed E-state index contributed by atoms with van der Waals surface area (Å²) in [5.41, 5.74) is 0. The van der Waals surface area contributed by atoms with Crippen LogP contribution in [0.25, 0.3) is 0 Å². The van der Waals surface area contributed by atoms with Crippen LogP contribution in [0.1, 0.15) is 33.1 Å². The molecule has 0 unspecified atom stereocenters. The fraction of sp³-hybridized carbons (Fsp3) is 0.917. The molecule has 94 valence electrons. The fourth-order valence-corrected chi connectivity index (χ4v) is 2.73. The number of thioether (sulfide) groups is 1. The van der Waals surface area contributed by atoms with Gasteiger partial charge in [-0.25, -0.2) is 0 Å². The maximum atomic E-state index is 12.0. The van der Waals surface area contributed by atoms with E-state index >= 15 is 0 Å². The number of nitrogens with zero attached hydrogens (tertiary/aromatic N) is 1. The van der Waals surface area contributed by atoms with Gasteiger partial charge in [-0.15, -0.1) is 11.8 Å². The topological polar surface area (TPSA) is 29.5 Å². The highest BCUT2D eigenvalue weighted by Gasteiger charge is 2.21. The molecule has 4 heteroatoms. The standard InChI is InChI=1S/C12H23NO2S/c1-3-15-9-10-16-11(2)12(14)13-7-5-4-6-8-13/h11H,3-10H2,1-2H3/t11-/m1/s1. The number of piperidine rings is 1. The summed E-state index contributed by atoms with van der Waals surface area (Å²) >= 11 is 1.70. The molecule has 3 nitrogen and oxygen atoms in total. The molecule has 1 aliphatic heterocycles. The van der Waals surface area contributed by atoms with Crippen molar-refractivity contribution >= 4 is 17.7 Å². The molecule has 0 aliphatic carbocycles. The molecular formula is C12H23NO2S. The Labute approximate surface area is 103 Å². The number of carbonyl (C=O) groups is 1. The van der Waals surface area contributed by atoms with Crippen molar-refractivity contribution in [3.63, 3.8) is 0 Å². The van der Waals surface area contributed by atoms with Crippen molar-refractivity contribution < 1.29 is 9.53 Å². The summed E-state index contributed by atoms with van der Waals surface area (Å²) < 4.78 is 5.26. The van der Waals surface area contributed by atoms with Gasteiger partial charge in [0.1, 0.15) is 0 Å². The summed E-state index contributed by atoms with van der Waals surface area (Å²) in [6.07, 6.45) is 3.61. The van der Waals surface area contributed by atoms with Gasteiger partial charge in [0.25, 0.3) is 0 Å². The zero-order valence-corrected chi connectivity index (χ0v) is 11.2. The van der Waals surface area contributed by atoms with Crippen LogP contribution >= 0.6 is 11.8 Å². The molecule has 0 radical (unpaired) electrons. The lowest BCUT2D eigenvalue weighted by Gasteiger charge is -2.29. The molecule has 1 fully saturated rings. The van der Waals surface area contributed by atoms with Crippen molar-refractivity contribution in [2.24, 2.45) is 0 Å². The first-order valence-corrected chi connectivity index (χ1v) is 7.28. The van der Waals surface area contributed by atoms with Crippen LogP contribution in [0.5, 0.6) is 0 Å². The summed E-state index contributed by atoms with van der Waals surface area (Å²) in [5.74, 6) is 1.22. The molecule has 1 atom stereocenters. The second-order valence-corrected chi connectivity index (χ2v) is 5.54. The van der Waals surface area contributed by atoms with Crippen molar-refractivity contribution in [1.29, 1.82) is 0 Å². The van der Waals surface area contributed by atoms with Gasteiger partial charge in [-0.1, -0.05) is 0 Å². The number of amides is 1. The van der Waals surface area contributed by atoms with Crippen molar-refractivity contribution in [2.75, 3.05) is 32.1 Å². The summed E-state index contributed by atoms with van der Waals surface area (Å²) in [5, 5.41) is 0.0820. The Bertz CT molecular complexity index is 205. The minimum absolute atomic E-state index is 0.0820. The smallest absolute Gasteiger partial charge is 0.235 e. The van der Waals surface area contributed by atoms with E-state index in [4.69, 9.17) is 4.74 Å². The molecule has 0 aromatic rings. The van der Waals surface area contributed by atoms with Gasteiger partial charge in [-0.05, 0) is 33.1 Å². The number of carbonyl (C=O) groups excluding carboxylic acids is 1. The van der Waals surface area contributed by atoms with E-state index in [0.717, 1.165) is 32.1 Å². The third-order valence-electron chi connectivity index (χ3n) is 2.82. The van der Waals surface area contributed by atoms with Gasteiger partial charge in [0.15, 0.2) is 0 Å². The van der Waals surface area contributed by atoms with Crippen LogP contribution in [0.3, 0.4) is 0 Å². The van der Waals surface area contributed by atoms with Crippen molar-refractivity contribution in [2.45, 2.75) is 38.4 Å². The minimum Gasteiger partial charge on any atom is -0.381 e. The fourth-order valence-electron chi connectivity index (χ4n) is 1.87. The average molecular weight is 245 g/mol. The predicted molar refractivity (Wildman–Crippen MR) is 68.8 cm³/mol. The Kier molecular flexibility index (Phi) is 6.88. The number of likely N-dealkylation sites (tertiary alicyclic amines) is 1. The van der Waals surface area contributed by atoms with Crippen molar-refractivity contribution in [3.05, 3.63) is 0 Å². The SMILES string of the molecule is CCOCCS[C@H](C)C(=O)N1CCCCC1. The van der Waals surface area contributed by atoms with E-state index in [-0.39, 0.29) is 5.25 Å². The van der Waals surface area contributed by atoms with Gasteiger partial charge in [0.05, 0.1) is 11.9 Å². The highest BCUT2D eigenvalue weighted by Crippen LogP contribution is 2.16. The lowest BCUT2D eigenvalue weighted by Crippen LogP contribution is -2.40. The Hall–Kier alpha value is -0.220.